The summed E-state index contributed by atoms with van der Waals surface area (Å²) in [6.07, 6.45) is 4.42. The molecule has 0 radical (unpaired) electrons. The molecule has 1 fully saturated rings. The lowest BCUT2D eigenvalue weighted by Gasteiger charge is -2.38. The van der Waals surface area contributed by atoms with Crippen LogP contribution in [0.15, 0.2) is 48.5 Å². The number of hydrogen-bond donors (Lipinski definition) is 0. The van der Waals surface area contributed by atoms with Gasteiger partial charge in [0, 0.05) is 35.5 Å². The van der Waals surface area contributed by atoms with E-state index in [0.29, 0.717) is 5.54 Å². The lowest BCUT2D eigenvalue weighted by molar-refractivity contribution is -0.00389. The highest BCUT2D eigenvalue weighted by Gasteiger charge is 2.27. The molecule has 3 nitrogen and oxygen atoms in total. The molecule has 0 saturated carbocycles. The van der Waals surface area contributed by atoms with Crippen molar-refractivity contribution in [2.75, 3.05) is 31.2 Å². The van der Waals surface area contributed by atoms with Gasteiger partial charge >= 0.3 is 0 Å². The first-order valence-corrected chi connectivity index (χ1v) is 10.7. The molecule has 0 aliphatic carbocycles. The first kappa shape index (κ1) is 21.6. The second-order valence-corrected chi connectivity index (χ2v) is 9.73. The molecule has 0 N–H and O–H groups in total. The highest BCUT2D eigenvalue weighted by Crippen LogP contribution is 2.40. The number of nitrogens with zero attached hydrogens (tertiary/aromatic N) is 2. The Morgan fingerprint density at radius 2 is 1.10 bits per heavy atom. The van der Waals surface area contributed by atoms with Crippen LogP contribution < -0.4 is 4.90 Å². The fourth-order valence-corrected chi connectivity index (χ4v) is 3.93. The van der Waals surface area contributed by atoms with Crippen LogP contribution in [-0.2, 0) is 4.74 Å². The normalized spacial score (nSPS) is 17.0. The molecule has 0 bridgehead atoms. The Hall–Kier alpha value is -2.10. The smallest absolute Gasteiger partial charge is 0.0594 e. The maximum absolute atomic E-state index is 5.25. The summed E-state index contributed by atoms with van der Waals surface area (Å²) in [5.41, 5.74) is 5.46. The molecule has 29 heavy (non-hydrogen) atoms. The Morgan fingerprint density at radius 3 is 1.48 bits per heavy atom. The Bertz CT molecular complexity index is 787. The molecule has 1 saturated heterocycles. The van der Waals surface area contributed by atoms with Crippen molar-refractivity contribution >= 4 is 23.5 Å². The molecule has 156 valence electrons. The van der Waals surface area contributed by atoms with Gasteiger partial charge in [0.15, 0.2) is 0 Å². The summed E-state index contributed by atoms with van der Waals surface area (Å²) in [6, 6.07) is 17.2. The zero-order chi connectivity index (χ0) is 21.1. The van der Waals surface area contributed by atoms with Crippen molar-refractivity contribution in [2.24, 2.45) is 0 Å². The summed E-state index contributed by atoms with van der Waals surface area (Å²) in [6.45, 7) is 17.5. The van der Waals surface area contributed by atoms with Crippen LogP contribution in [0.4, 0.5) is 11.4 Å². The third kappa shape index (κ3) is 5.29. The van der Waals surface area contributed by atoms with E-state index in [4.69, 9.17) is 4.74 Å². The molecule has 4 rings (SSSR count). The van der Waals surface area contributed by atoms with E-state index in [1.165, 1.54) is 22.5 Å². The van der Waals surface area contributed by atoms with Crippen molar-refractivity contribution in [1.82, 2.24) is 4.90 Å². The zero-order valence-corrected chi connectivity index (χ0v) is 18.9. The molecule has 0 spiro atoms. The van der Waals surface area contributed by atoms with Crippen LogP contribution in [-0.4, -0.2) is 42.3 Å². The van der Waals surface area contributed by atoms with Crippen molar-refractivity contribution in [3.05, 3.63) is 59.7 Å². The highest BCUT2D eigenvalue weighted by atomic mass is 16.5. The fourth-order valence-electron chi connectivity index (χ4n) is 3.93. The Labute approximate surface area is 177 Å². The minimum atomic E-state index is 0.0399. The van der Waals surface area contributed by atoms with Gasteiger partial charge in [0.2, 0.25) is 0 Å². The number of morpholine rings is 1. The molecular weight excluding hydrogens is 356 g/mol. The molecule has 2 heterocycles. The van der Waals surface area contributed by atoms with Crippen LogP contribution >= 0.6 is 0 Å². The zero-order valence-electron chi connectivity index (χ0n) is 18.9. The summed E-state index contributed by atoms with van der Waals surface area (Å²) in [4.78, 5) is 4.88. The number of para-hydroxylation sites is 2. The second-order valence-electron chi connectivity index (χ2n) is 9.73. The van der Waals surface area contributed by atoms with E-state index in [1.807, 2.05) is 0 Å². The van der Waals surface area contributed by atoms with Crippen LogP contribution in [0.3, 0.4) is 0 Å². The van der Waals surface area contributed by atoms with E-state index in [2.05, 4.69) is 112 Å². The number of hydrogen-bond acceptors (Lipinski definition) is 3. The molecular formula is C26H36N2O. The third-order valence-electron chi connectivity index (χ3n) is 5.43. The lowest BCUT2D eigenvalue weighted by Crippen LogP contribution is -2.47. The third-order valence-corrected chi connectivity index (χ3v) is 5.43. The van der Waals surface area contributed by atoms with Crippen LogP contribution in [0.25, 0.3) is 12.2 Å². The lowest BCUT2D eigenvalue weighted by atomic mass is 10.0. The number of rotatable bonds is 0. The van der Waals surface area contributed by atoms with Crippen LogP contribution in [0, 0.1) is 0 Å². The van der Waals surface area contributed by atoms with Crippen molar-refractivity contribution in [3.8, 4) is 0 Å². The molecule has 3 heteroatoms. The molecule has 0 aromatic heterocycles. The molecule has 0 unspecified atom stereocenters. The largest absolute Gasteiger partial charge is 0.379 e. The summed E-state index contributed by atoms with van der Waals surface area (Å²) >= 11 is 0. The van der Waals surface area contributed by atoms with Gasteiger partial charge in [0.1, 0.15) is 0 Å². The van der Waals surface area contributed by atoms with E-state index in [0.717, 1.165) is 26.3 Å². The molecule has 2 aromatic carbocycles. The van der Waals surface area contributed by atoms with Gasteiger partial charge in [0.25, 0.3) is 0 Å². The maximum Gasteiger partial charge on any atom is 0.0594 e. The molecule has 2 aliphatic rings. The summed E-state index contributed by atoms with van der Waals surface area (Å²) in [7, 11) is 0. The summed E-state index contributed by atoms with van der Waals surface area (Å²) in [5, 5.41) is 0. The monoisotopic (exact) mass is 392 g/mol. The average molecular weight is 393 g/mol. The molecule has 2 aliphatic heterocycles. The predicted molar refractivity (Wildman–Crippen MR) is 126 cm³/mol. The van der Waals surface area contributed by atoms with E-state index < -0.39 is 0 Å². The van der Waals surface area contributed by atoms with Crippen molar-refractivity contribution < 1.29 is 4.74 Å². The van der Waals surface area contributed by atoms with Gasteiger partial charge in [-0.2, -0.15) is 0 Å². The Balaban J connectivity index is 0.000000204. The average Bonchev–Trinajstić information content (AvgIpc) is 2.85. The number of anilines is 2. The topological polar surface area (TPSA) is 15.7 Å². The van der Waals surface area contributed by atoms with E-state index in [9.17, 15) is 0 Å². The van der Waals surface area contributed by atoms with Crippen molar-refractivity contribution in [3.63, 3.8) is 0 Å². The van der Waals surface area contributed by atoms with Crippen LogP contribution in [0.5, 0.6) is 0 Å². The summed E-state index contributed by atoms with van der Waals surface area (Å²) < 4.78 is 5.25. The van der Waals surface area contributed by atoms with Gasteiger partial charge in [-0.05, 0) is 64.8 Å². The van der Waals surface area contributed by atoms with Crippen molar-refractivity contribution in [1.29, 1.82) is 0 Å². The molecule has 2 aromatic rings. The van der Waals surface area contributed by atoms with Gasteiger partial charge in [-0.1, -0.05) is 48.6 Å². The number of benzene rings is 2. The van der Waals surface area contributed by atoms with Gasteiger partial charge in [-0.15, -0.1) is 0 Å². The van der Waals surface area contributed by atoms with E-state index in [-0.39, 0.29) is 5.54 Å². The Kier molecular flexibility index (Phi) is 6.50. The Morgan fingerprint density at radius 1 is 0.655 bits per heavy atom. The quantitative estimate of drug-likeness (QED) is 0.529. The second kappa shape index (κ2) is 8.73. The molecule has 0 amide bonds. The SMILES string of the molecule is CC(C)(C)N1CCOCC1.CC(C)(C)N1c2ccccc2C=Cc2ccccc21. The van der Waals surface area contributed by atoms with Crippen LogP contribution in [0.1, 0.15) is 52.7 Å². The van der Waals surface area contributed by atoms with Gasteiger partial charge in [-0.3, -0.25) is 4.90 Å². The summed E-state index contributed by atoms with van der Waals surface area (Å²) in [5.74, 6) is 0. The van der Waals surface area contributed by atoms with E-state index >= 15 is 0 Å². The van der Waals surface area contributed by atoms with Crippen LogP contribution in [0.2, 0.25) is 0 Å². The van der Waals surface area contributed by atoms with E-state index in [1.54, 1.807) is 0 Å². The van der Waals surface area contributed by atoms with Crippen molar-refractivity contribution in [2.45, 2.75) is 52.6 Å². The first-order chi connectivity index (χ1) is 13.7. The highest BCUT2D eigenvalue weighted by molar-refractivity contribution is 5.89. The fraction of sp³-hybridized carbons (Fsp3) is 0.462. The van der Waals surface area contributed by atoms with Gasteiger partial charge in [0.05, 0.1) is 13.2 Å². The standard InChI is InChI=1S/C18H19N.C8H17NO/c1-18(2,3)19-16-10-6-4-8-14(16)12-13-15-9-5-7-11-17(15)19;1-8(2,3)9-4-6-10-7-5-9/h4-13H,1-3H3;4-7H2,1-3H3. The minimum Gasteiger partial charge on any atom is -0.379 e. The minimum absolute atomic E-state index is 0.0399. The maximum atomic E-state index is 5.25. The molecule has 0 atom stereocenters. The van der Waals surface area contributed by atoms with Gasteiger partial charge < -0.3 is 9.64 Å². The van der Waals surface area contributed by atoms with Gasteiger partial charge in [-0.25, -0.2) is 0 Å². The first-order valence-electron chi connectivity index (χ1n) is 10.7. The predicted octanol–water partition coefficient (Wildman–Crippen LogP) is 6.22. The number of fused-ring (bicyclic) bond motifs is 2. The number of ether oxygens (including phenoxy) is 1.